The predicted octanol–water partition coefficient (Wildman–Crippen LogP) is 4.42. The van der Waals surface area contributed by atoms with Crippen LogP contribution in [0.4, 0.5) is 5.69 Å². The number of anilines is 1. The molecule has 0 saturated heterocycles. The van der Waals surface area contributed by atoms with E-state index in [2.05, 4.69) is 18.3 Å². The fourth-order valence-corrected chi connectivity index (χ4v) is 3.00. The van der Waals surface area contributed by atoms with E-state index in [1.807, 2.05) is 43.3 Å². The molecule has 2 rings (SSSR count). The molecule has 0 aliphatic rings. The summed E-state index contributed by atoms with van der Waals surface area (Å²) in [5.74, 6) is -0.0412. The summed E-state index contributed by atoms with van der Waals surface area (Å²) < 4.78 is 0. The zero-order chi connectivity index (χ0) is 15.2. The Hall–Kier alpha value is -1.94. The highest BCUT2D eigenvalue weighted by Crippen LogP contribution is 2.29. The molecule has 0 radical (unpaired) electrons. The Balaban J connectivity index is 2.25. The van der Waals surface area contributed by atoms with Gasteiger partial charge in [-0.25, -0.2) is 4.79 Å². The lowest BCUT2D eigenvalue weighted by molar-refractivity contribution is 0.0694. The minimum absolute atomic E-state index is 0.359. The highest BCUT2D eigenvalue weighted by molar-refractivity contribution is 7.99. The Morgan fingerprint density at radius 1 is 1.19 bits per heavy atom. The average molecular weight is 301 g/mol. The van der Waals surface area contributed by atoms with Crippen molar-refractivity contribution in [1.82, 2.24) is 0 Å². The van der Waals surface area contributed by atoms with E-state index in [4.69, 9.17) is 0 Å². The lowest BCUT2D eigenvalue weighted by atomic mass is 10.1. The van der Waals surface area contributed by atoms with Gasteiger partial charge in [-0.2, -0.15) is 0 Å². The van der Waals surface area contributed by atoms with Crippen LogP contribution in [0.2, 0.25) is 0 Å². The Kier molecular flexibility index (Phi) is 5.28. The molecule has 21 heavy (non-hydrogen) atoms. The molecule has 0 aliphatic heterocycles. The van der Waals surface area contributed by atoms with E-state index < -0.39 is 5.97 Å². The number of benzene rings is 2. The first-order chi connectivity index (χ1) is 10.1. The van der Waals surface area contributed by atoms with Gasteiger partial charge in [0, 0.05) is 11.4 Å². The van der Waals surface area contributed by atoms with Crippen LogP contribution >= 0.6 is 11.8 Å². The third kappa shape index (κ3) is 3.79. The van der Waals surface area contributed by atoms with E-state index in [0.29, 0.717) is 17.8 Å². The molecule has 4 heteroatoms. The van der Waals surface area contributed by atoms with E-state index >= 15 is 0 Å². The quantitative estimate of drug-likeness (QED) is 0.776. The lowest BCUT2D eigenvalue weighted by Crippen LogP contribution is -2.08. The third-order valence-electron chi connectivity index (χ3n) is 3.27. The average Bonchev–Trinajstić information content (AvgIpc) is 2.46. The van der Waals surface area contributed by atoms with Gasteiger partial charge in [0.2, 0.25) is 0 Å². The molecular weight excluding hydrogens is 282 g/mol. The minimum Gasteiger partial charge on any atom is -0.478 e. The number of carboxylic acid groups (broad SMARTS) is 1. The van der Waals surface area contributed by atoms with Crippen molar-refractivity contribution in [1.29, 1.82) is 0 Å². The molecule has 2 aromatic carbocycles. The summed E-state index contributed by atoms with van der Waals surface area (Å²) in [4.78, 5) is 12.3. The number of hydrogen-bond acceptors (Lipinski definition) is 3. The van der Waals surface area contributed by atoms with Crippen molar-refractivity contribution in [2.75, 3.05) is 11.1 Å². The number of aryl methyl sites for hydroxylation is 1. The van der Waals surface area contributed by atoms with Gasteiger partial charge in [-0.1, -0.05) is 37.3 Å². The second-order valence-electron chi connectivity index (χ2n) is 4.70. The Morgan fingerprint density at radius 2 is 1.95 bits per heavy atom. The maximum atomic E-state index is 11.5. The molecule has 0 aliphatic carbocycles. The van der Waals surface area contributed by atoms with E-state index in [1.165, 1.54) is 11.1 Å². The fraction of sp³-hybridized carbons (Fsp3) is 0.235. The molecule has 0 aromatic heterocycles. The van der Waals surface area contributed by atoms with Crippen LogP contribution < -0.4 is 5.32 Å². The number of aromatic carboxylic acids is 1. The first-order valence-electron chi connectivity index (χ1n) is 6.91. The van der Waals surface area contributed by atoms with Crippen LogP contribution in [-0.4, -0.2) is 16.8 Å². The standard InChI is InChI=1S/C17H19NO2S/c1-3-21-15-10-6-9-14(16(15)17(19)20)18-11-13-8-5-4-7-12(13)2/h4-10,18H,3,11H2,1-2H3,(H,19,20). The first kappa shape index (κ1) is 15.4. The van der Waals surface area contributed by atoms with Crippen molar-refractivity contribution in [3.05, 3.63) is 59.2 Å². The van der Waals surface area contributed by atoms with Gasteiger partial charge in [-0.3, -0.25) is 0 Å². The van der Waals surface area contributed by atoms with Gasteiger partial charge in [-0.15, -0.1) is 11.8 Å². The molecule has 0 amide bonds. The molecule has 0 spiro atoms. The van der Waals surface area contributed by atoms with Gasteiger partial charge < -0.3 is 10.4 Å². The molecule has 0 fully saturated rings. The van der Waals surface area contributed by atoms with Crippen LogP contribution in [0.5, 0.6) is 0 Å². The van der Waals surface area contributed by atoms with E-state index in [0.717, 1.165) is 10.6 Å². The van der Waals surface area contributed by atoms with Crippen molar-refractivity contribution < 1.29 is 9.90 Å². The summed E-state index contributed by atoms with van der Waals surface area (Å²) in [7, 11) is 0. The van der Waals surface area contributed by atoms with Crippen molar-refractivity contribution >= 4 is 23.4 Å². The summed E-state index contributed by atoms with van der Waals surface area (Å²) >= 11 is 1.55. The fourth-order valence-electron chi connectivity index (χ4n) is 2.17. The second-order valence-corrected chi connectivity index (χ2v) is 6.00. The molecule has 3 nitrogen and oxygen atoms in total. The van der Waals surface area contributed by atoms with Crippen LogP contribution in [0.15, 0.2) is 47.4 Å². The van der Waals surface area contributed by atoms with Crippen LogP contribution in [0.1, 0.15) is 28.4 Å². The molecule has 2 aromatic rings. The summed E-state index contributed by atoms with van der Waals surface area (Å²) in [6.45, 7) is 4.69. The van der Waals surface area contributed by atoms with Crippen molar-refractivity contribution in [2.24, 2.45) is 0 Å². The van der Waals surface area contributed by atoms with Gasteiger partial charge in [0.05, 0.1) is 11.3 Å². The summed E-state index contributed by atoms with van der Waals surface area (Å²) in [5, 5.41) is 12.7. The zero-order valence-electron chi connectivity index (χ0n) is 12.2. The van der Waals surface area contributed by atoms with Gasteiger partial charge >= 0.3 is 5.97 Å². The van der Waals surface area contributed by atoms with E-state index in [1.54, 1.807) is 11.8 Å². The SMILES string of the molecule is CCSc1cccc(NCc2ccccc2C)c1C(=O)O. The van der Waals surface area contributed by atoms with Gasteiger partial charge in [-0.05, 0) is 35.9 Å². The molecule has 0 unspecified atom stereocenters. The summed E-state index contributed by atoms with van der Waals surface area (Å²) in [5.41, 5.74) is 3.39. The number of carbonyl (C=O) groups is 1. The molecule has 0 atom stereocenters. The second kappa shape index (κ2) is 7.18. The van der Waals surface area contributed by atoms with Crippen molar-refractivity contribution in [3.8, 4) is 0 Å². The number of hydrogen-bond donors (Lipinski definition) is 2. The highest BCUT2D eigenvalue weighted by Gasteiger charge is 2.15. The molecule has 2 N–H and O–H groups in total. The zero-order valence-corrected chi connectivity index (χ0v) is 13.0. The summed E-state index contributed by atoms with van der Waals surface area (Å²) in [6, 6.07) is 13.7. The number of carboxylic acids is 1. The van der Waals surface area contributed by atoms with Gasteiger partial charge in [0.15, 0.2) is 0 Å². The maximum Gasteiger partial charge on any atom is 0.338 e. The third-order valence-corrected chi connectivity index (χ3v) is 4.21. The van der Waals surface area contributed by atoms with E-state index in [9.17, 15) is 9.90 Å². The lowest BCUT2D eigenvalue weighted by Gasteiger charge is -2.14. The maximum absolute atomic E-state index is 11.5. The molecule has 0 bridgehead atoms. The highest BCUT2D eigenvalue weighted by atomic mass is 32.2. The molecule has 0 heterocycles. The van der Waals surface area contributed by atoms with E-state index in [-0.39, 0.29) is 0 Å². The van der Waals surface area contributed by atoms with Crippen LogP contribution in [0.3, 0.4) is 0 Å². The molecular formula is C17H19NO2S. The van der Waals surface area contributed by atoms with Crippen molar-refractivity contribution in [2.45, 2.75) is 25.3 Å². The van der Waals surface area contributed by atoms with Crippen molar-refractivity contribution in [3.63, 3.8) is 0 Å². The number of thioether (sulfide) groups is 1. The Morgan fingerprint density at radius 3 is 2.62 bits per heavy atom. The van der Waals surface area contributed by atoms with Gasteiger partial charge in [0.1, 0.15) is 0 Å². The molecule has 110 valence electrons. The Bertz CT molecular complexity index is 640. The van der Waals surface area contributed by atoms with Crippen LogP contribution in [0, 0.1) is 6.92 Å². The van der Waals surface area contributed by atoms with Crippen LogP contribution in [0.25, 0.3) is 0 Å². The normalized spacial score (nSPS) is 10.4. The van der Waals surface area contributed by atoms with Gasteiger partial charge in [0.25, 0.3) is 0 Å². The first-order valence-corrected chi connectivity index (χ1v) is 7.89. The smallest absolute Gasteiger partial charge is 0.338 e. The Labute approximate surface area is 129 Å². The largest absolute Gasteiger partial charge is 0.478 e. The predicted molar refractivity (Wildman–Crippen MR) is 88.3 cm³/mol. The summed E-state index contributed by atoms with van der Waals surface area (Å²) in [6.07, 6.45) is 0. The minimum atomic E-state index is -0.890. The number of rotatable bonds is 6. The van der Waals surface area contributed by atoms with Crippen LogP contribution in [-0.2, 0) is 6.54 Å². The topological polar surface area (TPSA) is 49.3 Å². The monoisotopic (exact) mass is 301 g/mol. The molecule has 0 saturated carbocycles. The number of nitrogens with one attached hydrogen (secondary N) is 1.